The number of anilines is 1. The zero-order valence-electron chi connectivity index (χ0n) is 9.71. The number of aryl methyl sites for hydroxylation is 1. The molecule has 0 aliphatic heterocycles. The monoisotopic (exact) mass is 244 g/mol. The molecule has 2 rings (SSSR count). The first kappa shape index (κ1) is 11.8. The van der Waals surface area contributed by atoms with Crippen molar-refractivity contribution in [2.24, 2.45) is 5.10 Å². The lowest BCUT2D eigenvalue weighted by Gasteiger charge is -1.99. The molecule has 0 fully saturated rings. The maximum Gasteiger partial charge on any atom is 0.252 e. The van der Waals surface area contributed by atoms with Gasteiger partial charge in [0.25, 0.3) is 5.56 Å². The summed E-state index contributed by atoms with van der Waals surface area (Å²) in [5.41, 5.74) is 3.72. The van der Waals surface area contributed by atoms with Crippen LogP contribution < -0.4 is 11.0 Å². The first-order valence-corrected chi connectivity index (χ1v) is 5.29. The Kier molecular flexibility index (Phi) is 3.38. The quantitative estimate of drug-likeness (QED) is 0.559. The molecule has 0 unspecified atom stereocenters. The van der Waals surface area contributed by atoms with Gasteiger partial charge in [-0.2, -0.15) is 5.10 Å². The molecular weight excluding hydrogens is 232 g/mol. The second kappa shape index (κ2) is 5.13. The summed E-state index contributed by atoms with van der Waals surface area (Å²) >= 11 is 0. The van der Waals surface area contributed by atoms with Crippen LogP contribution >= 0.6 is 0 Å². The Labute approximate surface area is 103 Å². The number of hydrogen-bond acceptors (Lipinski definition) is 5. The van der Waals surface area contributed by atoms with Crippen molar-refractivity contribution in [3.8, 4) is 5.75 Å². The van der Waals surface area contributed by atoms with Gasteiger partial charge < -0.3 is 5.11 Å². The summed E-state index contributed by atoms with van der Waals surface area (Å²) in [6.07, 6.45) is 1.52. The molecule has 1 heterocycles. The van der Waals surface area contributed by atoms with Crippen molar-refractivity contribution in [1.29, 1.82) is 0 Å². The van der Waals surface area contributed by atoms with Gasteiger partial charge >= 0.3 is 0 Å². The normalized spacial score (nSPS) is 10.7. The molecule has 0 spiro atoms. The van der Waals surface area contributed by atoms with Crippen molar-refractivity contribution in [3.05, 3.63) is 51.9 Å². The largest absolute Gasteiger partial charge is 0.508 e. The molecule has 0 amide bonds. The number of phenols is 1. The maximum atomic E-state index is 11.2. The Morgan fingerprint density at radius 3 is 3.00 bits per heavy atom. The lowest BCUT2D eigenvalue weighted by Crippen LogP contribution is -2.10. The molecular formula is C12H12N4O2. The van der Waals surface area contributed by atoms with Gasteiger partial charge in [0.1, 0.15) is 5.75 Å². The predicted octanol–water partition coefficient (Wildman–Crippen LogP) is 1.23. The molecule has 6 heteroatoms. The number of nitrogens with zero attached hydrogens (tertiary/aromatic N) is 2. The second-order valence-electron chi connectivity index (χ2n) is 3.70. The van der Waals surface area contributed by atoms with E-state index in [4.69, 9.17) is 0 Å². The number of aromatic amines is 1. The van der Waals surface area contributed by atoms with Crippen molar-refractivity contribution < 1.29 is 5.11 Å². The average molecular weight is 244 g/mol. The van der Waals surface area contributed by atoms with Crippen molar-refractivity contribution in [2.75, 3.05) is 5.43 Å². The van der Waals surface area contributed by atoms with Crippen LogP contribution in [0.5, 0.6) is 5.75 Å². The van der Waals surface area contributed by atoms with Gasteiger partial charge in [-0.15, -0.1) is 0 Å². The predicted molar refractivity (Wildman–Crippen MR) is 68.9 cm³/mol. The summed E-state index contributed by atoms with van der Waals surface area (Å²) < 4.78 is 0. The number of phenolic OH excluding ortho intramolecular Hbond substituents is 1. The van der Waals surface area contributed by atoms with Crippen LogP contribution in [-0.2, 0) is 0 Å². The number of H-pyrrole nitrogens is 1. The smallest absolute Gasteiger partial charge is 0.252 e. The molecule has 0 bridgehead atoms. The van der Waals surface area contributed by atoms with Crippen molar-refractivity contribution >= 4 is 12.2 Å². The minimum atomic E-state index is -0.238. The van der Waals surface area contributed by atoms with E-state index in [1.165, 1.54) is 12.3 Å². The van der Waals surface area contributed by atoms with Crippen LogP contribution in [0.2, 0.25) is 0 Å². The van der Waals surface area contributed by atoms with Crippen LogP contribution in [0.3, 0.4) is 0 Å². The number of benzene rings is 1. The minimum absolute atomic E-state index is 0.168. The fraction of sp³-hybridized carbons (Fsp3) is 0.0833. The van der Waals surface area contributed by atoms with Crippen LogP contribution in [0.25, 0.3) is 0 Å². The minimum Gasteiger partial charge on any atom is -0.508 e. The van der Waals surface area contributed by atoms with Gasteiger partial charge in [-0.25, -0.2) is 10.4 Å². The highest BCUT2D eigenvalue weighted by molar-refractivity contribution is 5.80. The second-order valence-corrected chi connectivity index (χ2v) is 3.70. The van der Waals surface area contributed by atoms with E-state index in [0.717, 1.165) is 5.56 Å². The number of aromatic nitrogens is 2. The number of rotatable bonds is 3. The molecule has 6 nitrogen and oxygen atoms in total. The summed E-state index contributed by atoms with van der Waals surface area (Å²) in [4.78, 5) is 17.7. The molecule has 1 aromatic heterocycles. The summed E-state index contributed by atoms with van der Waals surface area (Å²) in [6, 6.07) is 8.03. The average Bonchev–Trinajstić information content (AvgIpc) is 2.27. The van der Waals surface area contributed by atoms with Gasteiger partial charge in [-0.1, -0.05) is 12.1 Å². The van der Waals surface area contributed by atoms with Crippen LogP contribution in [0, 0.1) is 6.92 Å². The molecule has 0 atom stereocenters. The van der Waals surface area contributed by atoms with E-state index >= 15 is 0 Å². The van der Waals surface area contributed by atoms with Crippen LogP contribution in [0.1, 0.15) is 11.3 Å². The molecule has 0 aliphatic rings. The summed E-state index contributed by atoms with van der Waals surface area (Å²) in [7, 11) is 0. The van der Waals surface area contributed by atoms with Gasteiger partial charge in [0.2, 0.25) is 5.95 Å². The Morgan fingerprint density at radius 2 is 2.28 bits per heavy atom. The first-order chi connectivity index (χ1) is 8.63. The molecule has 3 N–H and O–H groups in total. The number of aromatic hydroxyl groups is 1. The third-order valence-electron chi connectivity index (χ3n) is 2.12. The lowest BCUT2D eigenvalue weighted by molar-refractivity contribution is 0.475. The number of hydrazone groups is 1. The van der Waals surface area contributed by atoms with E-state index in [0.29, 0.717) is 5.69 Å². The van der Waals surface area contributed by atoms with E-state index in [2.05, 4.69) is 20.5 Å². The Hall–Kier alpha value is -2.63. The van der Waals surface area contributed by atoms with Gasteiger partial charge in [-0.05, 0) is 24.6 Å². The third kappa shape index (κ3) is 3.18. The van der Waals surface area contributed by atoms with E-state index in [-0.39, 0.29) is 17.3 Å². The van der Waals surface area contributed by atoms with E-state index in [1.807, 2.05) is 0 Å². The summed E-state index contributed by atoms with van der Waals surface area (Å²) in [6.45, 7) is 1.72. The maximum absolute atomic E-state index is 11.2. The van der Waals surface area contributed by atoms with Crippen LogP contribution in [0.4, 0.5) is 5.95 Å². The highest BCUT2D eigenvalue weighted by Crippen LogP contribution is 2.08. The zero-order valence-corrected chi connectivity index (χ0v) is 9.71. The highest BCUT2D eigenvalue weighted by Gasteiger charge is 1.95. The lowest BCUT2D eigenvalue weighted by atomic mass is 10.2. The fourth-order valence-electron chi connectivity index (χ4n) is 1.41. The first-order valence-electron chi connectivity index (χ1n) is 5.29. The highest BCUT2D eigenvalue weighted by atomic mass is 16.3. The topological polar surface area (TPSA) is 90.4 Å². The van der Waals surface area contributed by atoms with Crippen molar-refractivity contribution in [1.82, 2.24) is 9.97 Å². The number of nitrogens with one attached hydrogen (secondary N) is 2. The summed E-state index contributed by atoms with van der Waals surface area (Å²) in [5.74, 6) is 0.442. The third-order valence-corrected chi connectivity index (χ3v) is 2.12. The Bertz CT molecular complexity index is 634. The van der Waals surface area contributed by atoms with Gasteiger partial charge in [0.15, 0.2) is 0 Å². The van der Waals surface area contributed by atoms with Crippen molar-refractivity contribution in [2.45, 2.75) is 6.92 Å². The van der Waals surface area contributed by atoms with Gasteiger partial charge in [0.05, 0.1) is 6.21 Å². The van der Waals surface area contributed by atoms with E-state index in [9.17, 15) is 9.90 Å². The van der Waals surface area contributed by atoms with Crippen LogP contribution in [-0.4, -0.2) is 21.3 Å². The molecule has 2 aromatic rings. The molecule has 92 valence electrons. The van der Waals surface area contributed by atoms with E-state index < -0.39 is 0 Å². The van der Waals surface area contributed by atoms with E-state index in [1.54, 1.807) is 31.2 Å². The zero-order chi connectivity index (χ0) is 13.0. The SMILES string of the molecule is Cc1cc(=O)[nH]c(N/N=C\c2cccc(O)c2)n1. The molecule has 0 saturated carbocycles. The summed E-state index contributed by atoms with van der Waals surface area (Å²) in [5, 5.41) is 13.2. The van der Waals surface area contributed by atoms with Gasteiger partial charge in [-0.3, -0.25) is 9.78 Å². The fourth-order valence-corrected chi connectivity index (χ4v) is 1.41. The molecule has 18 heavy (non-hydrogen) atoms. The van der Waals surface area contributed by atoms with Crippen molar-refractivity contribution in [3.63, 3.8) is 0 Å². The van der Waals surface area contributed by atoms with Crippen LogP contribution in [0.15, 0.2) is 40.2 Å². The standard InChI is InChI=1S/C12H12N4O2/c1-8-5-11(18)15-12(14-8)16-13-7-9-3-2-4-10(17)6-9/h2-7,17H,1H3,(H2,14,15,16,18)/b13-7-. The molecule has 0 aliphatic carbocycles. The molecule has 0 saturated heterocycles. The van der Waals surface area contributed by atoms with Gasteiger partial charge in [0, 0.05) is 11.8 Å². The Morgan fingerprint density at radius 1 is 1.44 bits per heavy atom. The Balaban J connectivity index is 2.09. The molecule has 1 aromatic carbocycles. The number of hydrogen-bond donors (Lipinski definition) is 3. The molecule has 0 radical (unpaired) electrons.